The lowest BCUT2D eigenvalue weighted by Crippen LogP contribution is -1.94. The van der Waals surface area contributed by atoms with E-state index in [1.807, 2.05) is 12.1 Å². The zero-order valence-electron chi connectivity index (χ0n) is 15.4. The van der Waals surface area contributed by atoms with Crippen LogP contribution in [-0.4, -0.2) is 13.2 Å². The molecule has 0 bridgehead atoms. The number of benzene rings is 2. The van der Waals surface area contributed by atoms with Crippen molar-refractivity contribution < 1.29 is 13.6 Å². The van der Waals surface area contributed by atoms with Gasteiger partial charge in [0, 0.05) is 17.9 Å². The molecule has 0 unspecified atom stereocenters. The molecule has 2 rings (SSSR count). The van der Waals surface area contributed by atoms with Crippen molar-refractivity contribution in [2.24, 2.45) is 0 Å². The van der Waals surface area contributed by atoms with Crippen LogP contribution in [0.3, 0.4) is 0 Å². The highest BCUT2D eigenvalue weighted by atomic mass is 79.9. The Morgan fingerprint density at radius 2 is 1.07 bits per heavy atom. The standard InChI is InChI=1S/C20H23Br4O3P/c21-17-9-7-15(13-19(17)23)5-1-3-11-26-28(25)27-12-4-2-6-16-8-10-18(22)20(24)14-16/h7-10,13-14,28H,1-6,11-12H2. The average Bonchev–Trinajstić information content (AvgIpc) is 2.67. The normalized spacial score (nSPS) is 11.3. The Kier molecular flexibility index (Phi) is 12.2. The van der Waals surface area contributed by atoms with Crippen molar-refractivity contribution in [1.82, 2.24) is 0 Å². The molecule has 0 N–H and O–H groups in total. The van der Waals surface area contributed by atoms with Crippen LogP contribution in [-0.2, 0) is 26.5 Å². The van der Waals surface area contributed by atoms with Crippen molar-refractivity contribution in [3.63, 3.8) is 0 Å². The van der Waals surface area contributed by atoms with Crippen molar-refractivity contribution in [2.45, 2.75) is 38.5 Å². The Bertz CT molecular complexity index is 723. The summed E-state index contributed by atoms with van der Waals surface area (Å²) in [6.45, 7) is 0.949. The Hall–Kier alpha value is 0.510. The molecule has 2 aromatic rings. The maximum atomic E-state index is 11.8. The van der Waals surface area contributed by atoms with E-state index in [9.17, 15) is 4.57 Å². The van der Waals surface area contributed by atoms with Gasteiger partial charge in [0.2, 0.25) is 0 Å². The van der Waals surface area contributed by atoms with E-state index in [1.165, 1.54) is 11.1 Å². The Morgan fingerprint density at radius 1 is 0.643 bits per heavy atom. The molecular weight excluding hydrogens is 639 g/mol. The lowest BCUT2D eigenvalue weighted by atomic mass is 10.1. The molecule has 0 aliphatic carbocycles. The third-order valence-electron chi connectivity index (χ3n) is 4.13. The second-order valence-electron chi connectivity index (χ2n) is 6.36. The van der Waals surface area contributed by atoms with Crippen molar-refractivity contribution in [3.8, 4) is 0 Å². The van der Waals surface area contributed by atoms with Gasteiger partial charge < -0.3 is 9.05 Å². The summed E-state index contributed by atoms with van der Waals surface area (Å²) in [5.41, 5.74) is 2.55. The first-order valence-electron chi connectivity index (χ1n) is 9.13. The summed E-state index contributed by atoms with van der Waals surface area (Å²) in [5, 5.41) is 0. The minimum absolute atomic E-state index is 0.475. The van der Waals surface area contributed by atoms with Gasteiger partial charge in [-0.2, -0.15) is 0 Å². The van der Waals surface area contributed by atoms with Gasteiger partial charge in [-0.15, -0.1) is 0 Å². The van der Waals surface area contributed by atoms with Gasteiger partial charge >= 0.3 is 8.25 Å². The Balaban J connectivity index is 1.49. The fourth-order valence-corrected chi connectivity index (χ4v) is 4.66. The number of rotatable bonds is 12. The Morgan fingerprint density at radius 3 is 1.46 bits per heavy atom. The van der Waals surface area contributed by atoms with E-state index < -0.39 is 8.25 Å². The van der Waals surface area contributed by atoms with Gasteiger partial charge in [-0.25, -0.2) is 0 Å². The van der Waals surface area contributed by atoms with Gasteiger partial charge in [0.25, 0.3) is 0 Å². The summed E-state index contributed by atoms with van der Waals surface area (Å²) in [7, 11) is -2.38. The molecule has 0 aliphatic rings. The van der Waals surface area contributed by atoms with Gasteiger partial charge in [0.15, 0.2) is 0 Å². The van der Waals surface area contributed by atoms with Crippen LogP contribution >= 0.6 is 72.0 Å². The third-order valence-corrected chi connectivity index (χ3v) is 8.77. The highest BCUT2D eigenvalue weighted by Gasteiger charge is 2.03. The van der Waals surface area contributed by atoms with Gasteiger partial charge in [-0.05, 0) is 138 Å². The predicted octanol–water partition coefficient (Wildman–Crippen LogP) is 8.51. The molecule has 0 amide bonds. The quantitative estimate of drug-likeness (QED) is 0.169. The predicted molar refractivity (Wildman–Crippen MR) is 130 cm³/mol. The van der Waals surface area contributed by atoms with Crippen molar-refractivity contribution in [1.29, 1.82) is 0 Å². The van der Waals surface area contributed by atoms with Crippen LogP contribution in [0.15, 0.2) is 54.3 Å². The molecule has 0 atom stereocenters. The summed E-state index contributed by atoms with van der Waals surface area (Å²) in [5.74, 6) is 0. The van der Waals surface area contributed by atoms with Crippen molar-refractivity contribution in [2.75, 3.05) is 13.2 Å². The second-order valence-corrected chi connectivity index (χ2v) is 10.9. The first-order valence-corrected chi connectivity index (χ1v) is 13.5. The van der Waals surface area contributed by atoms with E-state index in [0.29, 0.717) is 13.2 Å². The van der Waals surface area contributed by atoms with E-state index >= 15 is 0 Å². The summed E-state index contributed by atoms with van der Waals surface area (Å²) >= 11 is 14.0. The number of hydrogen-bond acceptors (Lipinski definition) is 3. The zero-order valence-corrected chi connectivity index (χ0v) is 22.7. The molecule has 0 aromatic heterocycles. The molecule has 28 heavy (non-hydrogen) atoms. The topological polar surface area (TPSA) is 35.5 Å². The van der Waals surface area contributed by atoms with Gasteiger partial charge in [0.05, 0.1) is 13.2 Å². The number of hydrogen-bond donors (Lipinski definition) is 0. The minimum Gasteiger partial charge on any atom is -0.311 e. The lowest BCUT2D eigenvalue weighted by molar-refractivity contribution is 0.219. The fraction of sp³-hybridized carbons (Fsp3) is 0.400. The fourth-order valence-electron chi connectivity index (χ4n) is 2.61. The van der Waals surface area contributed by atoms with E-state index in [4.69, 9.17) is 9.05 Å². The van der Waals surface area contributed by atoms with Crippen LogP contribution in [0.5, 0.6) is 0 Å². The second kappa shape index (κ2) is 13.7. The molecule has 2 aromatic carbocycles. The minimum atomic E-state index is -2.38. The van der Waals surface area contributed by atoms with Crippen LogP contribution < -0.4 is 0 Å². The highest BCUT2D eigenvalue weighted by Crippen LogP contribution is 2.27. The average molecular weight is 662 g/mol. The number of halogens is 4. The zero-order chi connectivity index (χ0) is 20.4. The highest BCUT2D eigenvalue weighted by molar-refractivity contribution is 9.13. The molecule has 0 aliphatic heterocycles. The van der Waals surface area contributed by atoms with Crippen LogP contribution in [0.4, 0.5) is 0 Å². The molecule has 0 spiro atoms. The first-order chi connectivity index (χ1) is 13.5. The summed E-state index contributed by atoms with van der Waals surface area (Å²) in [6.07, 6.45) is 5.67. The summed E-state index contributed by atoms with van der Waals surface area (Å²) < 4.78 is 26.7. The molecule has 0 saturated carbocycles. The lowest BCUT2D eigenvalue weighted by Gasteiger charge is -2.07. The van der Waals surface area contributed by atoms with Crippen molar-refractivity contribution in [3.05, 3.63) is 65.4 Å². The summed E-state index contributed by atoms with van der Waals surface area (Å²) in [6, 6.07) is 12.5. The molecule has 0 heterocycles. The first kappa shape index (κ1) is 24.8. The SMILES string of the molecule is O=[PH](OCCCCc1ccc(Br)c(Br)c1)OCCCCc1ccc(Br)c(Br)c1. The van der Waals surface area contributed by atoms with Crippen LogP contribution in [0, 0.1) is 0 Å². The molecule has 0 saturated heterocycles. The monoisotopic (exact) mass is 658 g/mol. The van der Waals surface area contributed by atoms with Crippen molar-refractivity contribution >= 4 is 72.0 Å². The van der Waals surface area contributed by atoms with Gasteiger partial charge in [-0.3, -0.25) is 4.57 Å². The third kappa shape index (κ3) is 9.55. The molecule has 154 valence electrons. The van der Waals surface area contributed by atoms with E-state index in [0.717, 1.165) is 56.4 Å². The molecule has 3 nitrogen and oxygen atoms in total. The number of unbranched alkanes of at least 4 members (excludes halogenated alkanes) is 2. The molecule has 8 heteroatoms. The largest absolute Gasteiger partial charge is 0.319 e. The Labute approximate surface area is 201 Å². The van der Waals surface area contributed by atoms with Crippen LogP contribution in [0.25, 0.3) is 0 Å². The van der Waals surface area contributed by atoms with Gasteiger partial charge in [0.1, 0.15) is 0 Å². The molecular formula is C20H23Br4O3P. The van der Waals surface area contributed by atoms with E-state index in [2.05, 4.69) is 88.0 Å². The van der Waals surface area contributed by atoms with Crippen LogP contribution in [0.1, 0.15) is 36.8 Å². The van der Waals surface area contributed by atoms with E-state index in [1.54, 1.807) is 0 Å². The number of aryl methyl sites for hydroxylation is 2. The van der Waals surface area contributed by atoms with Gasteiger partial charge in [-0.1, -0.05) is 12.1 Å². The summed E-state index contributed by atoms with van der Waals surface area (Å²) in [4.78, 5) is 0. The maximum Gasteiger partial charge on any atom is 0.319 e. The smallest absolute Gasteiger partial charge is 0.311 e. The van der Waals surface area contributed by atoms with E-state index in [-0.39, 0.29) is 0 Å². The maximum absolute atomic E-state index is 11.8. The molecule has 0 radical (unpaired) electrons. The van der Waals surface area contributed by atoms with Crippen LogP contribution in [0.2, 0.25) is 0 Å². The molecule has 0 fully saturated rings.